The van der Waals surface area contributed by atoms with Crippen LogP contribution in [0.5, 0.6) is 11.5 Å². The van der Waals surface area contributed by atoms with Crippen molar-refractivity contribution in [1.82, 2.24) is 4.98 Å². The number of pyridine rings is 1. The molecule has 2 amide bonds. The Morgan fingerprint density at radius 3 is 2.31 bits per heavy atom. The van der Waals surface area contributed by atoms with Crippen LogP contribution in [-0.4, -0.2) is 39.3 Å². The van der Waals surface area contributed by atoms with Crippen molar-refractivity contribution in [3.8, 4) is 11.5 Å². The summed E-state index contributed by atoms with van der Waals surface area (Å²) in [6.45, 7) is -0.454. The van der Waals surface area contributed by atoms with Gasteiger partial charge in [0.2, 0.25) is 0 Å². The van der Waals surface area contributed by atoms with E-state index in [1.54, 1.807) is 24.3 Å². The fraction of sp³-hybridized carbons (Fsp3) is 0.115. The summed E-state index contributed by atoms with van der Waals surface area (Å²) in [5, 5.41) is 2.63. The van der Waals surface area contributed by atoms with E-state index in [0.29, 0.717) is 17.0 Å². The highest BCUT2D eigenvalue weighted by molar-refractivity contribution is 7.79. The molecule has 1 atom stereocenters. The van der Waals surface area contributed by atoms with Gasteiger partial charge in [-0.05, 0) is 65.7 Å². The highest BCUT2D eigenvalue weighted by atomic mass is 32.2. The lowest BCUT2D eigenvalue weighted by atomic mass is 10.1. The van der Waals surface area contributed by atoms with Crippen LogP contribution in [0.15, 0.2) is 83.9 Å². The second kappa shape index (κ2) is 12.8. The third-order valence-electron chi connectivity index (χ3n) is 5.10. The van der Waals surface area contributed by atoms with Crippen molar-refractivity contribution >= 4 is 39.5 Å². The number of nitrogens with one attached hydrogen (secondary N) is 1. The largest absolute Gasteiger partial charge is 0.768 e. The molecule has 0 aliphatic heterocycles. The average Bonchev–Trinajstić information content (AvgIpc) is 2.91. The van der Waals surface area contributed by atoms with E-state index in [9.17, 15) is 31.5 Å². The number of para-hydroxylation sites is 2. The number of hydrogen-bond donors (Lipinski definition) is 2. The van der Waals surface area contributed by atoms with Crippen molar-refractivity contribution < 1.29 is 43.8 Å². The first-order valence-corrected chi connectivity index (χ1v) is 12.1. The van der Waals surface area contributed by atoms with Crippen LogP contribution in [0.3, 0.4) is 0 Å². The molecule has 9 nitrogen and oxygen atoms in total. The number of benzene rings is 3. The fourth-order valence-corrected chi connectivity index (χ4v) is 3.70. The van der Waals surface area contributed by atoms with Crippen LogP contribution in [-0.2, 0) is 22.1 Å². The van der Waals surface area contributed by atoms with Gasteiger partial charge in [0.15, 0.2) is 6.61 Å². The summed E-state index contributed by atoms with van der Waals surface area (Å²) in [6, 6.07) is 17.2. The number of ether oxygens (including phenoxy) is 2. The Morgan fingerprint density at radius 1 is 1.03 bits per heavy atom. The molecule has 3 N–H and O–H groups in total. The van der Waals surface area contributed by atoms with E-state index in [2.05, 4.69) is 10.3 Å². The van der Waals surface area contributed by atoms with Crippen molar-refractivity contribution in [3.05, 3.63) is 90.1 Å². The van der Waals surface area contributed by atoms with E-state index in [1.165, 1.54) is 55.8 Å². The van der Waals surface area contributed by atoms with Gasteiger partial charge in [0.1, 0.15) is 11.5 Å². The number of halogens is 3. The monoisotopic (exact) mass is 564 g/mol. The molecule has 39 heavy (non-hydrogen) atoms. The third-order valence-corrected chi connectivity index (χ3v) is 5.76. The van der Waals surface area contributed by atoms with Gasteiger partial charge < -0.3 is 25.1 Å². The number of nitrogens with zero attached hydrogens (tertiary/aromatic N) is 1. The highest BCUT2D eigenvalue weighted by Crippen LogP contribution is 2.36. The number of amides is 2. The SMILES string of the molecule is COc1ccccc1C(N)=O.O=C(COc1ccnc2c(C(F)(F)F)cccc12)Nc1ccc(S(=O)[O-])cc1.[HH].[HH]. The maximum Gasteiger partial charge on any atom is 0.418 e. The molecule has 0 saturated heterocycles. The number of primary amides is 1. The molecule has 0 radical (unpaired) electrons. The zero-order valence-corrected chi connectivity index (χ0v) is 21.0. The lowest BCUT2D eigenvalue weighted by molar-refractivity contribution is -0.136. The number of methoxy groups -OCH3 is 1. The van der Waals surface area contributed by atoms with E-state index in [0.717, 1.165) is 6.07 Å². The Hall–Kier alpha value is -4.49. The van der Waals surface area contributed by atoms with Crippen LogP contribution in [0.2, 0.25) is 0 Å². The van der Waals surface area contributed by atoms with Crippen LogP contribution in [0, 0.1) is 0 Å². The van der Waals surface area contributed by atoms with E-state index >= 15 is 0 Å². The minimum Gasteiger partial charge on any atom is -0.768 e. The first-order chi connectivity index (χ1) is 18.5. The van der Waals surface area contributed by atoms with Crippen LogP contribution in [0.4, 0.5) is 18.9 Å². The summed E-state index contributed by atoms with van der Waals surface area (Å²) >= 11 is -2.37. The number of rotatable bonds is 7. The van der Waals surface area contributed by atoms with Crippen molar-refractivity contribution in [3.63, 3.8) is 0 Å². The third kappa shape index (κ3) is 7.75. The number of carbonyl (C=O) groups excluding carboxylic acids is 2. The molecule has 0 fully saturated rings. The average molecular weight is 565 g/mol. The first kappa shape index (κ1) is 29.1. The van der Waals surface area contributed by atoms with Crippen LogP contribution < -0.4 is 20.5 Å². The zero-order valence-electron chi connectivity index (χ0n) is 20.2. The number of nitrogens with two attached hydrogens (primary N) is 1. The number of hydrogen-bond acceptors (Lipinski definition) is 7. The highest BCUT2D eigenvalue weighted by Gasteiger charge is 2.33. The summed E-state index contributed by atoms with van der Waals surface area (Å²) in [6.07, 6.45) is -3.39. The molecule has 0 spiro atoms. The van der Waals surface area contributed by atoms with E-state index in [4.69, 9.17) is 15.2 Å². The van der Waals surface area contributed by atoms with E-state index in [1.807, 2.05) is 0 Å². The van der Waals surface area contributed by atoms with Gasteiger partial charge in [-0.25, -0.2) is 0 Å². The summed E-state index contributed by atoms with van der Waals surface area (Å²) < 4.78 is 71.2. The van der Waals surface area contributed by atoms with Crippen LogP contribution >= 0.6 is 0 Å². The molecule has 1 heterocycles. The smallest absolute Gasteiger partial charge is 0.418 e. The first-order valence-electron chi connectivity index (χ1n) is 11.0. The maximum absolute atomic E-state index is 13.1. The fourth-order valence-electron chi connectivity index (χ4n) is 3.34. The minimum absolute atomic E-state index is 0. The predicted octanol–water partition coefficient (Wildman–Crippen LogP) is 4.80. The predicted molar refractivity (Wildman–Crippen MR) is 140 cm³/mol. The Bertz CT molecular complexity index is 1510. The summed E-state index contributed by atoms with van der Waals surface area (Å²) in [5.41, 5.74) is 4.67. The van der Waals surface area contributed by atoms with Gasteiger partial charge in [0.25, 0.3) is 11.8 Å². The van der Waals surface area contributed by atoms with Crippen molar-refractivity contribution in [2.75, 3.05) is 19.0 Å². The number of carbonyl (C=O) groups is 2. The second-order valence-electron chi connectivity index (χ2n) is 7.67. The topological polar surface area (TPSA) is 144 Å². The molecule has 1 unspecified atom stereocenters. The summed E-state index contributed by atoms with van der Waals surface area (Å²) in [4.78, 5) is 26.6. The van der Waals surface area contributed by atoms with Crippen LogP contribution in [0.25, 0.3) is 10.9 Å². The molecule has 0 saturated carbocycles. The van der Waals surface area contributed by atoms with Gasteiger partial charge in [-0.15, -0.1) is 0 Å². The maximum atomic E-state index is 13.1. The molecule has 3 aromatic carbocycles. The second-order valence-corrected chi connectivity index (χ2v) is 8.61. The molecule has 0 aliphatic carbocycles. The van der Waals surface area contributed by atoms with Crippen molar-refractivity contribution in [1.29, 1.82) is 0 Å². The number of aromatic nitrogens is 1. The van der Waals surface area contributed by atoms with Crippen molar-refractivity contribution in [2.45, 2.75) is 11.1 Å². The standard InChI is InChI=1S/C18H13F3N2O4S.C8H9NO2.2H2/c19-18(20,21)14-3-1-2-13-15(8-9-22-17(13)14)27-10-16(24)23-11-4-6-12(7-5-11)28(25)26;1-11-7-5-3-2-4-6(7)8(9)10;;/h1-9H,10H2,(H,23,24)(H,25,26);2-5H,1H3,(H2,9,10);2*1H/p-1. The number of anilines is 1. The molecular weight excluding hydrogens is 539 g/mol. The normalized spacial score (nSPS) is 11.6. The molecule has 1 aromatic heterocycles. The Morgan fingerprint density at radius 2 is 1.72 bits per heavy atom. The van der Waals surface area contributed by atoms with Crippen molar-refractivity contribution in [2.24, 2.45) is 5.73 Å². The Labute approximate surface area is 226 Å². The molecule has 4 rings (SSSR count). The molecule has 13 heteroatoms. The minimum atomic E-state index is -4.57. The Balaban J connectivity index is 0.000000548. The van der Waals surface area contributed by atoms with E-state index in [-0.39, 0.29) is 24.4 Å². The van der Waals surface area contributed by atoms with Gasteiger partial charge >= 0.3 is 6.18 Å². The van der Waals surface area contributed by atoms with Gasteiger partial charge in [0, 0.05) is 25.0 Å². The Kier molecular flexibility index (Phi) is 9.57. The lowest BCUT2D eigenvalue weighted by Gasteiger charge is -2.13. The molecule has 0 aliphatic rings. The number of alkyl halides is 3. The van der Waals surface area contributed by atoms with Crippen LogP contribution in [0.1, 0.15) is 18.8 Å². The summed E-state index contributed by atoms with van der Waals surface area (Å²) in [7, 11) is 1.50. The van der Waals surface area contributed by atoms with Gasteiger partial charge in [-0.3, -0.25) is 18.8 Å². The molecule has 208 valence electrons. The van der Waals surface area contributed by atoms with Gasteiger partial charge in [0.05, 0.1) is 23.8 Å². The molecule has 4 aromatic rings. The lowest BCUT2D eigenvalue weighted by Crippen LogP contribution is -2.20. The van der Waals surface area contributed by atoms with Gasteiger partial charge in [-0.2, -0.15) is 13.2 Å². The summed E-state index contributed by atoms with van der Waals surface area (Å²) in [5.74, 6) is -0.432. The molecular formula is C26H25F3N3O6S-. The number of fused-ring (bicyclic) bond motifs is 1. The quantitative estimate of drug-likeness (QED) is 0.307. The zero-order chi connectivity index (χ0) is 28.6. The van der Waals surface area contributed by atoms with Gasteiger partial charge in [-0.1, -0.05) is 18.2 Å². The van der Waals surface area contributed by atoms with E-state index < -0.39 is 41.2 Å². The molecule has 0 bridgehead atoms.